The highest BCUT2D eigenvalue weighted by Gasteiger charge is 2.31. The SMILES string of the molecule is CNCC(C)N1CCC(N2CCC2)C1. The van der Waals surface area contributed by atoms with Gasteiger partial charge >= 0.3 is 0 Å². The molecule has 14 heavy (non-hydrogen) atoms. The van der Waals surface area contributed by atoms with Gasteiger partial charge in [-0.25, -0.2) is 0 Å². The third kappa shape index (κ3) is 2.10. The average molecular weight is 197 g/mol. The molecule has 1 N–H and O–H groups in total. The zero-order valence-corrected chi connectivity index (χ0v) is 9.50. The van der Waals surface area contributed by atoms with Crippen LogP contribution in [0.4, 0.5) is 0 Å². The Bertz CT molecular complexity index is 179. The summed E-state index contributed by atoms with van der Waals surface area (Å²) in [5.74, 6) is 0. The van der Waals surface area contributed by atoms with Crippen LogP contribution in [0, 0.1) is 0 Å². The molecule has 2 rings (SSSR count). The van der Waals surface area contributed by atoms with Crippen LogP contribution in [-0.2, 0) is 0 Å². The molecule has 2 unspecified atom stereocenters. The third-order valence-electron chi connectivity index (χ3n) is 3.72. The summed E-state index contributed by atoms with van der Waals surface area (Å²) in [7, 11) is 2.04. The summed E-state index contributed by atoms with van der Waals surface area (Å²) in [6, 6.07) is 1.56. The summed E-state index contributed by atoms with van der Waals surface area (Å²) in [5, 5.41) is 3.26. The Hall–Kier alpha value is -0.120. The maximum atomic E-state index is 3.26. The minimum Gasteiger partial charge on any atom is -0.318 e. The summed E-state index contributed by atoms with van der Waals surface area (Å²) in [6.07, 6.45) is 2.80. The van der Waals surface area contributed by atoms with Gasteiger partial charge in [0.2, 0.25) is 0 Å². The second kappa shape index (κ2) is 4.60. The standard InChI is InChI=1S/C11H23N3/c1-10(8-12-2)14-7-4-11(9-14)13-5-3-6-13/h10-12H,3-9H2,1-2H3. The molecule has 0 saturated carbocycles. The first-order chi connectivity index (χ1) is 6.81. The van der Waals surface area contributed by atoms with Crippen LogP contribution < -0.4 is 5.32 Å². The van der Waals surface area contributed by atoms with E-state index in [0.29, 0.717) is 6.04 Å². The molecule has 2 heterocycles. The van der Waals surface area contributed by atoms with E-state index in [1.807, 2.05) is 7.05 Å². The summed E-state index contributed by atoms with van der Waals surface area (Å²) in [4.78, 5) is 5.27. The Labute approximate surface area is 87.4 Å². The van der Waals surface area contributed by atoms with Gasteiger partial charge in [-0.2, -0.15) is 0 Å². The van der Waals surface area contributed by atoms with Crippen molar-refractivity contribution < 1.29 is 0 Å². The molecule has 0 aliphatic carbocycles. The number of hydrogen-bond donors (Lipinski definition) is 1. The summed E-state index contributed by atoms with van der Waals surface area (Å²) in [6.45, 7) is 8.73. The number of likely N-dealkylation sites (tertiary alicyclic amines) is 2. The lowest BCUT2D eigenvalue weighted by atomic mass is 10.1. The van der Waals surface area contributed by atoms with Crippen molar-refractivity contribution in [2.75, 3.05) is 39.8 Å². The van der Waals surface area contributed by atoms with Gasteiger partial charge in [-0.1, -0.05) is 0 Å². The van der Waals surface area contributed by atoms with Gasteiger partial charge in [0.15, 0.2) is 0 Å². The predicted octanol–water partition coefficient (Wildman–Crippen LogP) is 0.374. The van der Waals surface area contributed by atoms with Gasteiger partial charge in [0.1, 0.15) is 0 Å². The molecular weight excluding hydrogens is 174 g/mol. The van der Waals surface area contributed by atoms with Crippen LogP contribution in [0.15, 0.2) is 0 Å². The minimum atomic E-state index is 0.700. The van der Waals surface area contributed by atoms with Gasteiger partial charge < -0.3 is 5.32 Å². The van der Waals surface area contributed by atoms with E-state index in [-0.39, 0.29) is 0 Å². The Kier molecular flexibility index (Phi) is 3.42. The van der Waals surface area contributed by atoms with E-state index in [0.717, 1.165) is 12.6 Å². The molecule has 0 radical (unpaired) electrons. The van der Waals surface area contributed by atoms with E-state index in [9.17, 15) is 0 Å². The number of nitrogens with one attached hydrogen (secondary N) is 1. The molecule has 0 spiro atoms. The average Bonchev–Trinajstić information content (AvgIpc) is 2.50. The van der Waals surface area contributed by atoms with Crippen molar-refractivity contribution in [3.63, 3.8) is 0 Å². The van der Waals surface area contributed by atoms with E-state index in [1.165, 1.54) is 39.0 Å². The molecule has 2 aliphatic rings. The van der Waals surface area contributed by atoms with E-state index in [1.54, 1.807) is 0 Å². The highest BCUT2D eigenvalue weighted by Crippen LogP contribution is 2.21. The molecule has 2 fully saturated rings. The number of hydrogen-bond acceptors (Lipinski definition) is 3. The second-order valence-corrected chi connectivity index (χ2v) is 4.73. The predicted molar refractivity (Wildman–Crippen MR) is 59.6 cm³/mol. The molecule has 0 bridgehead atoms. The maximum Gasteiger partial charge on any atom is 0.0235 e. The Balaban J connectivity index is 1.75. The van der Waals surface area contributed by atoms with E-state index in [2.05, 4.69) is 22.0 Å². The molecule has 2 atom stereocenters. The lowest BCUT2D eigenvalue weighted by Gasteiger charge is -2.36. The Morgan fingerprint density at radius 1 is 1.36 bits per heavy atom. The first-order valence-electron chi connectivity index (χ1n) is 5.94. The fourth-order valence-corrected chi connectivity index (χ4v) is 2.60. The molecule has 3 nitrogen and oxygen atoms in total. The lowest BCUT2D eigenvalue weighted by Crippen LogP contribution is -2.47. The molecular formula is C11H23N3. The molecule has 0 aromatic heterocycles. The second-order valence-electron chi connectivity index (χ2n) is 4.73. The Morgan fingerprint density at radius 2 is 2.14 bits per heavy atom. The van der Waals surface area contributed by atoms with Gasteiger partial charge in [0, 0.05) is 31.7 Å². The van der Waals surface area contributed by atoms with Crippen molar-refractivity contribution in [3.8, 4) is 0 Å². The first-order valence-corrected chi connectivity index (χ1v) is 5.94. The number of rotatable bonds is 4. The monoisotopic (exact) mass is 197 g/mol. The quantitative estimate of drug-likeness (QED) is 0.703. The largest absolute Gasteiger partial charge is 0.318 e. The number of likely N-dealkylation sites (N-methyl/N-ethyl adjacent to an activating group) is 1. The van der Waals surface area contributed by atoms with Crippen LogP contribution in [0.25, 0.3) is 0 Å². The smallest absolute Gasteiger partial charge is 0.0235 e. The van der Waals surface area contributed by atoms with Crippen molar-refractivity contribution in [3.05, 3.63) is 0 Å². The fourth-order valence-electron chi connectivity index (χ4n) is 2.60. The van der Waals surface area contributed by atoms with E-state index in [4.69, 9.17) is 0 Å². The van der Waals surface area contributed by atoms with Crippen molar-refractivity contribution in [2.45, 2.75) is 31.8 Å². The van der Waals surface area contributed by atoms with Crippen molar-refractivity contribution in [1.29, 1.82) is 0 Å². The van der Waals surface area contributed by atoms with Gasteiger partial charge in [-0.05, 0) is 39.9 Å². The van der Waals surface area contributed by atoms with Crippen LogP contribution >= 0.6 is 0 Å². The van der Waals surface area contributed by atoms with Gasteiger partial charge in [0.05, 0.1) is 0 Å². The summed E-state index contributed by atoms with van der Waals surface area (Å²) in [5.41, 5.74) is 0. The van der Waals surface area contributed by atoms with Crippen LogP contribution in [0.1, 0.15) is 19.8 Å². The zero-order chi connectivity index (χ0) is 9.97. The summed E-state index contributed by atoms with van der Waals surface area (Å²) >= 11 is 0. The maximum absolute atomic E-state index is 3.26. The van der Waals surface area contributed by atoms with E-state index >= 15 is 0 Å². The first kappa shape index (κ1) is 10.4. The van der Waals surface area contributed by atoms with Crippen molar-refractivity contribution in [2.24, 2.45) is 0 Å². The van der Waals surface area contributed by atoms with Gasteiger partial charge in [-0.3, -0.25) is 9.80 Å². The third-order valence-corrected chi connectivity index (χ3v) is 3.72. The molecule has 2 aliphatic heterocycles. The molecule has 3 heteroatoms. The van der Waals surface area contributed by atoms with Crippen LogP contribution in [0.5, 0.6) is 0 Å². The summed E-state index contributed by atoms with van der Waals surface area (Å²) < 4.78 is 0. The lowest BCUT2D eigenvalue weighted by molar-refractivity contribution is 0.115. The van der Waals surface area contributed by atoms with Crippen molar-refractivity contribution in [1.82, 2.24) is 15.1 Å². The van der Waals surface area contributed by atoms with Crippen molar-refractivity contribution >= 4 is 0 Å². The zero-order valence-electron chi connectivity index (χ0n) is 9.50. The van der Waals surface area contributed by atoms with E-state index < -0.39 is 0 Å². The molecule has 0 aromatic carbocycles. The normalized spacial score (nSPS) is 31.7. The molecule has 0 amide bonds. The highest BCUT2D eigenvalue weighted by molar-refractivity contribution is 4.88. The highest BCUT2D eigenvalue weighted by atomic mass is 15.3. The van der Waals surface area contributed by atoms with Gasteiger partial charge in [0.25, 0.3) is 0 Å². The molecule has 0 aromatic rings. The topological polar surface area (TPSA) is 18.5 Å². The fraction of sp³-hybridized carbons (Fsp3) is 1.00. The van der Waals surface area contributed by atoms with Gasteiger partial charge in [-0.15, -0.1) is 0 Å². The van der Waals surface area contributed by atoms with Crippen LogP contribution in [0.2, 0.25) is 0 Å². The Morgan fingerprint density at radius 3 is 2.71 bits per heavy atom. The van der Waals surface area contributed by atoms with Crippen LogP contribution in [-0.4, -0.2) is 61.7 Å². The molecule has 2 saturated heterocycles. The number of nitrogens with zero attached hydrogens (tertiary/aromatic N) is 2. The minimum absolute atomic E-state index is 0.700. The molecule has 82 valence electrons. The van der Waals surface area contributed by atoms with Crippen LogP contribution in [0.3, 0.4) is 0 Å².